The molecule has 0 aromatic heterocycles. The molecule has 1 aliphatic rings. The molecule has 1 amide bonds. The number of carbonyl (C=O) groups excluding carboxylic acids is 1. The highest BCUT2D eigenvalue weighted by Crippen LogP contribution is 2.20. The van der Waals surface area contributed by atoms with E-state index in [9.17, 15) is 4.79 Å². The monoisotopic (exact) mass is 481 g/mol. The molecule has 5 heteroatoms. The summed E-state index contributed by atoms with van der Waals surface area (Å²) in [6.45, 7) is 9.18. The average Bonchev–Trinajstić information content (AvgIpc) is 2.76. The number of piperidine rings is 1. The van der Waals surface area contributed by atoms with Crippen LogP contribution in [-0.2, 0) is 11.3 Å². The molecular weight excluding hydrogens is 450 g/mol. The zero-order chi connectivity index (χ0) is 22.2. The predicted octanol–water partition coefficient (Wildman–Crippen LogP) is 5.99. The summed E-state index contributed by atoms with van der Waals surface area (Å²) in [6, 6.07) is 17.0. The van der Waals surface area contributed by atoms with Crippen molar-refractivity contribution >= 4 is 34.1 Å². The van der Waals surface area contributed by atoms with E-state index in [0.717, 1.165) is 48.1 Å². The molecule has 0 aliphatic carbocycles. The summed E-state index contributed by atoms with van der Waals surface area (Å²) in [5.41, 5.74) is 7.50. The van der Waals surface area contributed by atoms with Gasteiger partial charge in [-0.2, -0.15) is 5.10 Å². The Hall–Kier alpha value is -2.24. The number of hydrazone groups is 1. The van der Waals surface area contributed by atoms with Gasteiger partial charge in [0, 0.05) is 16.9 Å². The van der Waals surface area contributed by atoms with Crippen LogP contribution in [0.15, 0.2) is 63.7 Å². The molecule has 2 aromatic carbocycles. The Morgan fingerprint density at radius 3 is 2.39 bits per heavy atom. The molecule has 0 spiro atoms. The summed E-state index contributed by atoms with van der Waals surface area (Å²) in [4.78, 5) is 14.9. The Morgan fingerprint density at radius 1 is 1.13 bits per heavy atom. The predicted molar refractivity (Wildman–Crippen MR) is 133 cm³/mol. The van der Waals surface area contributed by atoms with Crippen LogP contribution in [0.3, 0.4) is 0 Å². The average molecular weight is 482 g/mol. The van der Waals surface area contributed by atoms with Crippen molar-refractivity contribution in [3.8, 4) is 0 Å². The Kier molecular flexibility index (Phi) is 8.61. The number of rotatable bonds is 7. The first kappa shape index (κ1) is 23.4. The number of benzene rings is 2. The molecule has 1 fully saturated rings. The molecule has 4 nitrogen and oxygen atoms in total. The number of nitrogens with zero attached hydrogens (tertiary/aromatic N) is 2. The van der Waals surface area contributed by atoms with Gasteiger partial charge in [0.15, 0.2) is 0 Å². The van der Waals surface area contributed by atoms with Crippen molar-refractivity contribution in [2.24, 2.45) is 11.0 Å². The molecule has 1 saturated heterocycles. The van der Waals surface area contributed by atoms with Gasteiger partial charge in [0.05, 0.1) is 6.21 Å². The van der Waals surface area contributed by atoms with Gasteiger partial charge in [0.2, 0.25) is 5.91 Å². The third-order valence-corrected chi connectivity index (χ3v) is 6.25. The van der Waals surface area contributed by atoms with Gasteiger partial charge in [-0.05, 0) is 73.2 Å². The molecule has 1 heterocycles. The lowest BCUT2D eigenvalue weighted by atomic mass is 9.96. The van der Waals surface area contributed by atoms with Crippen molar-refractivity contribution in [3.63, 3.8) is 0 Å². The fraction of sp³-hybridized carbons (Fsp3) is 0.385. The summed E-state index contributed by atoms with van der Waals surface area (Å²) in [7, 11) is 0. The van der Waals surface area contributed by atoms with Crippen molar-refractivity contribution in [1.29, 1.82) is 0 Å². The lowest BCUT2D eigenvalue weighted by Gasteiger charge is -2.30. The van der Waals surface area contributed by atoms with Crippen molar-refractivity contribution < 1.29 is 4.79 Å². The van der Waals surface area contributed by atoms with E-state index in [2.05, 4.69) is 99.8 Å². The number of amides is 1. The topological polar surface area (TPSA) is 44.7 Å². The van der Waals surface area contributed by atoms with Gasteiger partial charge in [0.1, 0.15) is 0 Å². The minimum absolute atomic E-state index is 0.0219. The maximum Gasteiger partial charge on any atom is 0.243 e. The van der Waals surface area contributed by atoms with Crippen LogP contribution in [0.2, 0.25) is 0 Å². The van der Waals surface area contributed by atoms with Gasteiger partial charge >= 0.3 is 0 Å². The normalized spacial score (nSPS) is 16.2. The van der Waals surface area contributed by atoms with Gasteiger partial charge in [-0.25, -0.2) is 5.43 Å². The summed E-state index contributed by atoms with van der Waals surface area (Å²) in [5, 5.41) is 4.17. The van der Waals surface area contributed by atoms with Gasteiger partial charge in [0.25, 0.3) is 0 Å². The SMILES string of the molecule is CC(/C=N\NC(=O)C1CCN(Cc2ccc(Br)cc2)CC1)=C/c1ccc(C(C)C)cc1. The first-order valence-corrected chi connectivity index (χ1v) is 11.8. The van der Waals surface area contributed by atoms with Crippen LogP contribution in [0, 0.1) is 5.92 Å². The van der Waals surface area contributed by atoms with Crippen LogP contribution in [0.4, 0.5) is 0 Å². The van der Waals surface area contributed by atoms with E-state index in [4.69, 9.17) is 0 Å². The van der Waals surface area contributed by atoms with Crippen LogP contribution >= 0.6 is 15.9 Å². The number of allylic oxidation sites excluding steroid dienone is 1. The molecule has 164 valence electrons. The Balaban J connectivity index is 1.43. The molecule has 2 aromatic rings. The molecule has 1 N–H and O–H groups in total. The van der Waals surface area contributed by atoms with Crippen LogP contribution in [0.1, 0.15) is 56.2 Å². The summed E-state index contributed by atoms with van der Waals surface area (Å²) in [6.07, 6.45) is 5.53. The second-order valence-electron chi connectivity index (χ2n) is 8.62. The highest BCUT2D eigenvalue weighted by Gasteiger charge is 2.24. The van der Waals surface area contributed by atoms with E-state index >= 15 is 0 Å². The first-order chi connectivity index (χ1) is 14.9. The van der Waals surface area contributed by atoms with Crippen LogP contribution in [-0.4, -0.2) is 30.1 Å². The number of carbonyl (C=O) groups is 1. The minimum atomic E-state index is 0.0219. The maximum atomic E-state index is 12.5. The van der Waals surface area contributed by atoms with E-state index in [0.29, 0.717) is 5.92 Å². The number of halogens is 1. The molecule has 0 unspecified atom stereocenters. The van der Waals surface area contributed by atoms with Crippen LogP contribution < -0.4 is 5.43 Å². The Bertz CT molecular complexity index is 909. The molecular formula is C26H32BrN3O. The van der Waals surface area contributed by atoms with E-state index in [1.165, 1.54) is 11.1 Å². The van der Waals surface area contributed by atoms with Gasteiger partial charge < -0.3 is 0 Å². The number of hydrogen-bond acceptors (Lipinski definition) is 3. The summed E-state index contributed by atoms with van der Waals surface area (Å²) >= 11 is 3.47. The van der Waals surface area contributed by atoms with E-state index in [-0.39, 0.29) is 11.8 Å². The lowest BCUT2D eigenvalue weighted by Crippen LogP contribution is -2.39. The van der Waals surface area contributed by atoms with E-state index < -0.39 is 0 Å². The fourth-order valence-corrected chi connectivity index (χ4v) is 4.03. The lowest BCUT2D eigenvalue weighted by molar-refractivity contribution is -0.126. The van der Waals surface area contributed by atoms with E-state index in [1.807, 2.05) is 6.92 Å². The largest absolute Gasteiger partial charge is 0.299 e. The van der Waals surface area contributed by atoms with Crippen molar-refractivity contribution in [2.75, 3.05) is 13.1 Å². The zero-order valence-corrected chi connectivity index (χ0v) is 20.2. The molecule has 0 radical (unpaired) electrons. The second kappa shape index (κ2) is 11.4. The first-order valence-electron chi connectivity index (χ1n) is 11.0. The Labute approximate surface area is 194 Å². The highest BCUT2D eigenvalue weighted by atomic mass is 79.9. The number of hydrogen-bond donors (Lipinski definition) is 1. The quantitative estimate of drug-likeness (QED) is 0.389. The van der Waals surface area contributed by atoms with Crippen LogP contribution in [0.5, 0.6) is 0 Å². The summed E-state index contributed by atoms with van der Waals surface area (Å²) in [5.74, 6) is 0.586. The summed E-state index contributed by atoms with van der Waals surface area (Å²) < 4.78 is 1.10. The molecule has 0 saturated carbocycles. The molecule has 1 aliphatic heterocycles. The maximum absolute atomic E-state index is 12.5. The third kappa shape index (κ3) is 7.44. The standard InChI is InChI=1S/C26H32BrN3O/c1-19(2)23-8-4-21(5-9-23)16-20(3)17-28-29-26(31)24-12-14-30(15-13-24)18-22-6-10-25(27)11-7-22/h4-11,16-17,19,24H,12-15,18H2,1-3H3,(H,29,31)/b20-16-,28-17-. The molecule has 3 rings (SSSR count). The van der Waals surface area contributed by atoms with Gasteiger partial charge in [-0.15, -0.1) is 0 Å². The smallest absolute Gasteiger partial charge is 0.243 e. The van der Waals surface area contributed by atoms with E-state index in [1.54, 1.807) is 6.21 Å². The Morgan fingerprint density at radius 2 is 1.77 bits per heavy atom. The zero-order valence-electron chi connectivity index (χ0n) is 18.6. The number of nitrogens with one attached hydrogen (secondary N) is 1. The van der Waals surface area contributed by atoms with Crippen LogP contribution in [0.25, 0.3) is 6.08 Å². The molecule has 0 bridgehead atoms. The van der Waals surface area contributed by atoms with Crippen molar-refractivity contribution in [3.05, 3.63) is 75.3 Å². The fourth-order valence-electron chi connectivity index (χ4n) is 3.77. The van der Waals surface area contributed by atoms with Crippen molar-refractivity contribution in [2.45, 2.75) is 46.1 Å². The van der Waals surface area contributed by atoms with Gasteiger partial charge in [-0.3, -0.25) is 9.69 Å². The molecule has 31 heavy (non-hydrogen) atoms. The third-order valence-electron chi connectivity index (χ3n) is 5.72. The van der Waals surface area contributed by atoms with Gasteiger partial charge in [-0.1, -0.05) is 72.3 Å². The molecule has 0 atom stereocenters. The minimum Gasteiger partial charge on any atom is -0.299 e. The van der Waals surface area contributed by atoms with Crippen molar-refractivity contribution in [1.82, 2.24) is 10.3 Å². The number of likely N-dealkylation sites (tertiary alicyclic amines) is 1. The highest BCUT2D eigenvalue weighted by molar-refractivity contribution is 9.10. The second-order valence-corrected chi connectivity index (χ2v) is 9.54.